The lowest BCUT2D eigenvalue weighted by atomic mass is 9.98. The van der Waals surface area contributed by atoms with Crippen LogP contribution >= 0.6 is 0 Å². The molecule has 4 N–H and O–H groups in total. The van der Waals surface area contributed by atoms with E-state index < -0.39 is 8.32 Å². The summed E-state index contributed by atoms with van der Waals surface area (Å²) < 4.78 is 6.75. The Morgan fingerprint density at radius 3 is 2.48 bits per heavy atom. The second-order valence-corrected chi connectivity index (χ2v) is 13.3. The number of benzene rings is 1. The number of nitrogens with two attached hydrogens (primary N) is 1. The molecule has 27 heavy (non-hydrogen) atoms. The van der Waals surface area contributed by atoms with Crippen LogP contribution in [0, 0.1) is 0 Å². The molecule has 0 saturated carbocycles. The summed E-state index contributed by atoms with van der Waals surface area (Å²) in [7, 11) is -1.95. The lowest BCUT2D eigenvalue weighted by molar-refractivity contribution is 0.0949. The molecule has 1 aromatic carbocycles. The monoisotopic (exact) mass is 388 g/mol. The largest absolute Gasteiger partial charge is 0.410 e. The van der Waals surface area contributed by atoms with Gasteiger partial charge in [0.25, 0.3) is 5.91 Å². The molecule has 2 atom stereocenters. The fourth-order valence-electron chi connectivity index (χ4n) is 2.67. The zero-order chi connectivity index (χ0) is 20.2. The van der Waals surface area contributed by atoms with Gasteiger partial charge in [-0.05, 0) is 30.1 Å². The Bertz CT molecular complexity index is 753. The molecule has 6 nitrogen and oxygen atoms in total. The minimum Gasteiger partial charge on any atom is -0.410 e. The highest BCUT2D eigenvalue weighted by molar-refractivity contribution is 6.74. The predicted octanol–water partition coefficient (Wildman–Crippen LogP) is 4.27. The molecule has 148 valence electrons. The number of H-pyrrole nitrogens is 1. The van der Waals surface area contributed by atoms with E-state index in [-0.39, 0.29) is 23.0 Å². The zero-order valence-electron chi connectivity index (χ0n) is 17.2. The van der Waals surface area contributed by atoms with E-state index in [1.807, 2.05) is 18.2 Å². The van der Waals surface area contributed by atoms with E-state index in [1.165, 1.54) is 11.8 Å². The number of hydrogen-bond acceptors (Lipinski definition) is 4. The lowest BCUT2D eigenvalue weighted by Gasteiger charge is -2.40. The standard InChI is InChI=1S/C20H32N4O2Si/c1-14(18-22-13-16(23-18)19(25)24-21)12-17(15-10-8-7-9-11-15)26-27(5,6)20(2,3)4/h7-11,13-14,17H,12,21H2,1-6H3,(H,22,23)(H,24,25)/t14?,17-/m0/s1. The first kappa shape index (κ1) is 21.3. The summed E-state index contributed by atoms with van der Waals surface area (Å²) in [6.45, 7) is 13.4. The molecule has 2 rings (SSSR count). The maximum atomic E-state index is 11.7. The molecule has 1 amide bonds. The number of hydrogen-bond donors (Lipinski definition) is 3. The van der Waals surface area contributed by atoms with Crippen molar-refractivity contribution in [3.05, 3.63) is 53.6 Å². The van der Waals surface area contributed by atoms with E-state index in [4.69, 9.17) is 10.3 Å². The van der Waals surface area contributed by atoms with Crippen LogP contribution in [0.5, 0.6) is 0 Å². The Labute approximate surface area is 163 Å². The van der Waals surface area contributed by atoms with E-state index in [1.54, 1.807) is 0 Å². The third-order valence-corrected chi connectivity index (χ3v) is 9.91. The van der Waals surface area contributed by atoms with E-state index in [2.05, 4.69) is 68.3 Å². The summed E-state index contributed by atoms with van der Waals surface area (Å²) in [6.07, 6.45) is 2.26. The number of aromatic amines is 1. The molecule has 0 fully saturated rings. The van der Waals surface area contributed by atoms with Gasteiger partial charge in [-0.1, -0.05) is 58.0 Å². The number of imidazole rings is 1. The van der Waals surface area contributed by atoms with Crippen molar-refractivity contribution < 1.29 is 9.22 Å². The number of aromatic nitrogens is 2. The van der Waals surface area contributed by atoms with Gasteiger partial charge in [0.1, 0.15) is 11.5 Å². The van der Waals surface area contributed by atoms with Crippen LogP contribution in [0.3, 0.4) is 0 Å². The lowest BCUT2D eigenvalue weighted by Crippen LogP contribution is -2.42. The van der Waals surface area contributed by atoms with Crippen LogP contribution < -0.4 is 11.3 Å². The van der Waals surface area contributed by atoms with Crippen LogP contribution in [0.25, 0.3) is 0 Å². The number of nitrogen functional groups attached to an aromatic ring is 1. The average Bonchev–Trinajstić information content (AvgIpc) is 3.10. The van der Waals surface area contributed by atoms with Crippen LogP contribution in [-0.4, -0.2) is 24.2 Å². The smallest absolute Gasteiger partial charge is 0.283 e. The second kappa shape index (κ2) is 8.37. The quantitative estimate of drug-likeness (QED) is 0.286. The minimum atomic E-state index is -1.95. The minimum absolute atomic E-state index is 0.0287. The van der Waals surface area contributed by atoms with Gasteiger partial charge >= 0.3 is 0 Å². The van der Waals surface area contributed by atoms with Crippen molar-refractivity contribution in [2.75, 3.05) is 0 Å². The molecule has 0 bridgehead atoms. The number of carbonyl (C=O) groups excluding carboxylic acids is 1. The van der Waals surface area contributed by atoms with Gasteiger partial charge in [0.15, 0.2) is 8.32 Å². The van der Waals surface area contributed by atoms with E-state index in [9.17, 15) is 4.79 Å². The second-order valence-electron chi connectivity index (χ2n) is 8.57. The normalized spacial score (nSPS) is 14.6. The summed E-state index contributed by atoms with van der Waals surface area (Å²) in [5, 5.41) is 0.125. The van der Waals surface area contributed by atoms with Crippen LogP contribution in [0.1, 0.15) is 68.0 Å². The van der Waals surface area contributed by atoms with E-state index in [0.717, 1.165) is 12.2 Å². The molecule has 0 aliphatic heterocycles. The van der Waals surface area contributed by atoms with Crippen LogP contribution in [0.2, 0.25) is 18.1 Å². The maximum Gasteiger partial charge on any atom is 0.283 e. The molecule has 1 heterocycles. The summed E-state index contributed by atoms with van der Waals surface area (Å²) in [6, 6.07) is 10.3. The molecule has 1 aromatic heterocycles. The SMILES string of the molecule is CC(C[C@H](O[Si](C)(C)C(C)(C)C)c1ccccc1)c1ncc(C(=O)NN)[nH]1. The van der Waals surface area contributed by atoms with Gasteiger partial charge in [-0.15, -0.1) is 0 Å². The molecule has 0 spiro atoms. The van der Waals surface area contributed by atoms with Gasteiger partial charge in [-0.25, -0.2) is 10.8 Å². The van der Waals surface area contributed by atoms with Crippen molar-refractivity contribution >= 4 is 14.2 Å². The first-order valence-electron chi connectivity index (χ1n) is 9.33. The van der Waals surface area contributed by atoms with Crippen LogP contribution in [-0.2, 0) is 4.43 Å². The highest BCUT2D eigenvalue weighted by atomic mass is 28.4. The zero-order valence-corrected chi connectivity index (χ0v) is 18.2. The molecule has 0 aliphatic carbocycles. The van der Waals surface area contributed by atoms with Gasteiger partial charge in [0, 0.05) is 5.92 Å². The Balaban J connectivity index is 2.24. The molecule has 0 saturated heterocycles. The number of amides is 1. The highest BCUT2D eigenvalue weighted by Gasteiger charge is 2.39. The van der Waals surface area contributed by atoms with Crippen molar-refractivity contribution in [3.63, 3.8) is 0 Å². The van der Waals surface area contributed by atoms with Crippen molar-refractivity contribution in [2.24, 2.45) is 5.84 Å². The molecule has 0 radical (unpaired) electrons. The van der Waals surface area contributed by atoms with Crippen molar-refractivity contribution in [2.45, 2.75) is 64.3 Å². The van der Waals surface area contributed by atoms with Gasteiger partial charge in [0.2, 0.25) is 0 Å². The van der Waals surface area contributed by atoms with Crippen LogP contribution in [0.15, 0.2) is 36.5 Å². The van der Waals surface area contributed by atoms with Gasteiger partial charge in [-0.3, -0.25) is 10.2 Å². The third-order valence-electron chi connectivity index (χ3n) is 5.42. The van der Waals surface area contributed by atoms with E-state index in [0.29, 0.717) is 5.69 Å². The van der Waals surface area contributed by atoms with Gasteiger partial charge in [-0.2, -0.15) is 0 Å². The number of nitrogens with zero attached hydrogens (tertiary/aromatic N) is 1. The van der Waals surface area contributed by atoms with Gasteiger partial charge in [0.05, 0.1) is 12.3 Å². The topological polar surface area (TPSA) is 93.0 Å². The summed E-state index contributed by atoms with van der Waals surface area (Å²) in [4.78, 5) is 19.1. The van der Waals surface area contributed by atoms with E-state index >= 15 is 0 Å². The summed E-state index contributed by atoms with van der Waals surface area (Å²) in [5.74, 6) is 5.67. The molecule has 0 aliphatic rings. The number of nitrogens with one attached hydrogen (secondary N) is 2. The van der Waals surface area contributed by atoms with Crippen molar-refractivity contribution in [1.29, 1.82) is 0 Å². The Morgan fingerprint density at radius 1 is 1.30 bits per heavy atom. The fourth-order valence-corrected chi connectivity index (χ4v) is 3.96. The number of rotatable bonds is 7. The van der Waals surface area contributed by atoms with Crippen LogP contribution in [0.4, 0.5) is 0 Å². The van der Waals surface area contributed by atoms with Gasteiger partial charge < -0.3 is 9.41 Å². The summed E-state index contributed by atoms with van der Waals surface area (Å²) >= 11 is 0. The molecule has 2 aromatic rings. The predicted molar refractivity (Wildman–Crippen MR) is 111 cm³/mol. The molecular weight excluding hydrogens is 356 g/mol. The first-order chi connectivity index (χ1) is 12.5. The number of hydrazine groups is 1. The fraction of sp³-hybridized carbons (Fsp3) is 0.500. The van der Waals surface area contributed by atoms with Crippen molar-refractivity contribution in [1.82, 2.24) is 15.4 Å². The molecular formula is C20H32N4O2Si. The number of carbonyl (C=O) groups is 1. The first-order valence-corrected chi connectivity index (χ1v) is 12.2. The third kappa shape index (κ3) is 5.28. The van der Waals surface area contributed by atoms with Crippen molar-refractivity contribution in [3.8, 4) is 0 Å². The Morgan fingerprint density at radius 2 is 1.93 bits per heavy atom. The molecule has 7 heteroatoms. The highest BCUT2D eigenvalue weighted by Crippen LogP contribution is 2.41. The maximum absolute atomic E-state index is 11.7. The Kier molecular flexibility index (Phi) is 6.62. The average molecular weight is 389 g/mol. The summed E-state index contributed by atoms with van der Waals surface area (Å²) in [5.41, 5.74) is 3.65. The Hall–Kier alpha value is -1.96. The molecule has 1 unspecified atom stereocenters.